The molecule has 1 amide bonds. The van der Waals surface area contributed by atoms with Crippen molar-refractivity contribution in [1.82, 2.24) is 0 Å². The summed E-state index contributed by atoms with van der Waals surface area (Å²) in [6.07, 6.45) is 0.365. The molecule has 5 heteroatoms. The highest BCUT2D eigenvalue weighted by atomic mass is 35.5. The zero-order valence-electron chi connectivity index (χ0n) is 10.6. The van der Waals surface area contributed by atoms with Gasteiger partial charge in [0.1, 0.15) is 0 Å². The fraction of sp³-hybridized carbons (Fsp3) is 0.385. The molecule has 0 aliphatic carbocycles. The predicted molar refractivity (Wildman–Crippen MR) is 71.1 cm³/mol. The Kier molecular flexibility index (Phi) is 4.35. The van der Waals surface area contributed by atoms with Crippen LogP contribution in [0.15, 0.2) is 18.2 Å². The smallest absolute Gasteiger partial charge is 0.335 e. The molecule has 0 spiro atoms. The Morgan fingerprint density at radius 2 is 1.94 bits per heavy atom. The SMILES string of the molecule is CC(C)(C)CC(=O)Nc1ccc(C(=O)O)cc1Cl. The number of hydrogen-bond acceptors (Lipinski definition) is 2. The molecule has 0 aromatic heterocycles. The van der Waals surface area contributed by atoms with Crippen molar-refractivity contribution in [3.8, 4) is 0 Å². The number of nitrogens with one attached hydrogen (secondary N) is 1. The fourth-order valence-corrected chi connectivity index (χ4v) is 1.65. The van der Waals surface area contributed by atoms with Crippen LogP contribution < -0.4 is 5.32 Å². The molecule has 0 saturated heterocycles. The second-order valence-corrected chi connectivity index (χ2v) is 5.69. The zero-order valence-corrected chi connectivity index (χ0v) is 11.3. The van der Waals surface area contributed by atoms with Gasteiger partial charge < -0.3 is 10.4 Å². The molecule has 0 aliphatic rings. The molecule has 18 heavy (non-hydrogen) atoms. The Bertz CT molecular complexity index is 478. The lowest BCUT2D eigenvalue weighted by Crippen LogP contribution is -2.19. The van der Waals surface area contributed by atoms with Gasteiger partial charge in [-0.25, -0.2) is 4.79 Å². The molecule has 98 valence electrons. The molecule has 0 heterocycles. The van der Waals surface area contributed by atoms with Gasteiger partial charge in [0.15, 0.2) is 0 Å². The highest BCUT2D eigenvalue weighted by molar-refractivity contribution is 6.34. The molecule has 0 fully saturated rings. The Balaban J connectivity index is 2.80. The second-order valence-electron chi connectivity index (χ2n) is 5.29. The molecular weight excluding hydrogens is 254 g/mol. The molecule has 0 bridgehead atoms. The van der Waals surface area contributed by atoms with Gasteiger partial charge in [-0.05, 0) is 23.6 Å². The first kappa shape index (κ1) is 14.5. The standard InChI is InChI=1S/C13H16ClNO3/c1-13(2,3)7-11(16)15-10-5-4-8(12(17)18)6-9(10)14/h4-6H,7H2,1-3H3,(H,15,16)(H,17,18). The number of carbonyl (C=O) groups excluding carboxylic acids is 1. The third kappa shape index (κ3) is 4.37. The normalized spacial score (nSPS) is 11.1. The number of aromatic carboxylic acids is 1. The van der Waals surface area contributed by atoms with Gasteiger partial charge in [0.05, 0.1) is 16.3 Å². The molecule has 4 nitrogen and oxygen atoms in total. The van der Waals surface area contributed by atoms with E-state index in [0.29, 0.717) is 12.1 Å². The fourth-order valence-electron chi connectivity index (χ4n) is 1.43. The topological polar surface area (TPSA) is 66.4 Å². The summed E-state index contributed by atoms with van der Waals surface area (Å²) in [4.78, 5) is 22.4. The lowest BCUT2D eigenvalue weighted by atomic mass is 9.92. The maximum absolute atomic E-state index is 11.7. The maximum Gasteiger partial charge on any atom is 0.335 e. The zero-order chi connectivity index (χ0) is 13.9. The van der Waals surface area contributed by atoms with Crippen LogP contribution in [0.2, 0.25) is 5.02 Å². The van der Waals surface area contributed by atoms with Crippen molar-refractivity contribution in [3.05, 3.63) is 28.8 Å². The van der Waals surface area contributed by atoms with Crippen molar-refractivity contribution < 1.29 is 14.7 Å². The predicted octanol–water partition coefficient (Wildman–Crippen LogP) is 3.41. The molecular formula is C13H16ClNO3. The largest absolute Gasteiger partial charge is 0.478 e. The number of benzene rings is 1. The van der Waals surface area contributed by atoms with Crippen LogP contribution in [0.4, 0.5) is 5.69 Å². The van der Waals surface area contributed by atoms with Gasteiger partial charge in [-0.3, -0.25) is 4.79 Å². The molecule has 1 aromatic rings. The summed E-state index contributed by atoms with van der Waals surface area (Å²) >= 11 is 5.91. The number of halogens is 1. The average molecular weight is 270 g/mol. The molecule has 1 rings (SSSR count). The minimum atomic E-state index is -1.05. The first-order valence-corrected chi connectivity index (χ1v) is 5.89. The van der Waals surface area contributed by atoms with E-state index < -0.39 is 5.97 Å². The molecule has 1 aromatic carbocycles. The van der Waals surface area contributed by atoms with E-state index in [4.69, 9.17) is 16.7 Å². The summed E-state index contributed by atoms with van der Waals surface area (Å²) in [7, 11) is 0. The van der Waals surface area contributed by atoms with Gasteiger partial charge in [-0.2, -0.15) is 0 Å². The number of carboxylic acid groups (broad SMARTS) is 1. The first-order valence-electron chi connectivity index (χ1n) is 5.52. The van der Waals surface area contributed by atoms with Crippen molar-refractivity contribution in [2.45, 2.75) is 27.2 Å². The van der Waals surface area contributed by atoms with Crippen molar-refractivity contribution in [2.24, 2.45) is 5.41 Å². The number of rotatable bonds is 3. The summed E-state index contributed by atoms with van der Waals surface area (Å²) < 4.78 is 0. The highest BCUT2D eigenvalue weighted by Gasteiger charge is 2.17. The van der Waals surface area contributed by atoms with Crippen LogP contribution in [-0.4, -0.2) is 17.0 Å². The lowest BCUT2D eigenvalue weighted by molar-refractivity contribution is -0.117. The van der Waals surface area contributed by atoms with Crippen LogP contribution in [0.3, 0.4) is 0 Å². The quantitative estimate of drug-likeness (QED) is 0.884. The monoisotopic (exact) mass is 269 g/mol. The van der Waals surface area contributed by atoms with Gasteiger partial charge in [0.2, 0.25) is 5.91 Å². The van der Waals surface area contributed by atoms with E-state index in [0.717, 1.165) is 0 Å². The summed E-state index contributed by atoms with van der Waals surface area (Å²) in [5, 5.41) is 11.7. The summed E-state index contributed by atoms with van der Waals surface area (Å²) in [6, 6.07) is 4.21. The Morgan fingerprint density at radius 3 is 2.39 bits per heavy atom. The van der Waals surface area contributed by atoms with Crippen LogP contribution in [0.25, 0.3) is 0 Å². The van der Waals surface area contributed by atoms with Crippen molar-refractivity contribution in [1.29, 1.82) is 0 Å². The van der Waals surface area contributed by atoms with Gasteiger partial charge >= 0.3 is 5.97 Å². The van der Waals surface area contributed by atoms with E-state index in [1.54, 1.807) is 0 Å². The molecule has 2 N–H and O–H groups in total. The molecule has 0 saturated carbocycles. The summed E-state index contributed by atoms with van der Waals surface area (Å²) in [5.41, 5.74) is 0.405. The van der Waals surface area contributed by atoms with E-state index in [1.165, 1.54) is 18.2 Å². The lowest BCUT2D eigenvalue weighted by Gasteiger charge is -2.17. The van der Waals surface area contributed by atoms with Crippen LogP contribution in [0.5, 0.6) is 0 Å². The first-order chi connectivity index (χ1) is 8.19. The van der Waals surface area contributed by atoms with Crippen molar-refractivity contribution in [3.63, 3.8) is 0 Å². The highest BCUT2D eigenvalue weighted by Crippen LogP contribution is 2.25. The molecule has 0 atom stereocenters. The molecule has 0 unspecified atom stereocenters. The summed E-state index contributed by atoms with van der Waals surface area (Å²) in [6.45, 7) is 5.88. The molecule has 0 aliphatic heterocycles. The van der Waals surface area contributed by atoms with Crippen LogP contribution in [-0.2, 0) is 4.79 Å². The number of carbonyl (C=O) groups is 2. The van der Waals surface area contributed by atoms with Gasteiger partial charge in [-0.15, -0.1) is 0 Å². The maximum atomic E-state index is 11.7. The van der Waals surface area contributed by atoms with E-state index in [1.807, 2.05) is 20.8 Å². The number of carboxylic acids is 1. The molecule has 0 radical (unpaired) electrons. The number of amides is 1. The third-order valence-electron chi connectivity index (χ3n) is 2.18. The van der Waals surface area contributed by atoms with Gasteiger partial charge in [-0.1, -0.05) is 32.4 Å². The number of anilines is 1. The van der Waals surface area contributed by atoms with Crippen molar-refractivity contribution >= 4 is 29.2 Å². The summed E-state index contributed by atoms with van der Waals surface area (Å²) in [5.74, 6) is -1.20. The van der Waals surface area contributed by atoms with Crippen LogP contribution in [0.1, 0.15) is 37.6 Å². The van der Waals surface area contributed by atoms with Gasteiger partial charge in [0, 0.05) is 6.42 Å². The van der Waals surface area contributed by atoms with Gasteiger partial charge in [0.25, 0.3) is 0 Å². The Morgan fingerprint density at radius 1 is 1.33 bits per heavy atom. The average Bonchev–Trinajstić information content (AvgIpc) is 2.17. The van der Waals surface area contributed by atoms with Crippen LogP contribution >= 0.6 is 11.6 Å². The van der Waals surface area contributed by atoms with E-state index in [-0.39, 0.29) is 21.9 Å². The van der Waals surface area contributed by atoms with E-state index in [2.05, 4.69) is 5.32 Å². The minimum Gasteiger partial charge on any atom is -0.478 e. The second kappa shape index (κ2) is 5.40. The Hall–Kier alpha value is -1.55. The number of hydrogen-bond donors (Lipinski definition) is 2. The third-order valence-corrected chi connectivity index (χ3v) is 2.49. The van der Waals surface area contributed by atoms with E-state index >= 15 is 0 Å². The van der Waals surface area contributed by atoms with Crippen molar-refractivity contribution in [2.75, 3.05) is 5.32 Å². The van der Waals surface area contributed by atoms with Crippen LogP contribution in [0, 0.1) is 5.41 Å². The Labute approximate surface area is 111 Å². The minimum absolute atomic E-state index is 0.0915. The van der Waals surface area contributed by atoms with E-state index in [9.17, 15) is 9.59 Å².